The Balaban J connectivity index is 1.52. The van der Waals surface area contributed by atoms with Crippen molar-refractivity contribution in [2.24, 2.45) is 0 Å². The van der Waals surface area contributed by atoms with Gasteiger partial charge in [-0.2, -0.15) is 13.5 Å². The molecule has 1 heterocycles. The zero-order valence-corrected chi connectivity index (χ0v) is 14.7. The molecular formula is C18H14F2N4O5. The van der Waals surface area contributed by atoms with Crippen LogP contribution in [0.2, 0.25) is 0 Å². The third kappa shape index (κ3) is 5.31. The van der Waals surface area contributed by atoms with Crippen LogP contribution in [-0.2, 0) is 20.9 Å². The second kappa shape index (κ2) is 8.87. The number of carbonyl (C=O) groups is 2. The van der Waals surface area contributed by atoms with Crippen molar-refractivity contribution >= 4 is 28.5 Å². The van der Waals surface area contributed by atoms with E-state index < -0.39 is 37.2 Å². The number of alkyl halides is 2. The number of benzene rings is 2. The number of nitrogens with zero attached hydrogens (tertiary/aromatic N) is 3. The molecule has 0 bridgehead atoms. The average molecular weight is 404 g/mol. The van der Waals surface area contributed by atoms with Gasteiger partial charge in [0.1, 0.15) is 17.8 Å². The summed E-state index contributed by atoms with van der Waals surface area (Å²) >= 11 is 0. The number of carbonyl (C=O) groups excluding carboxylic acids is 2. The van der Waals surface area contributed by atoms with Gasteiger partial charge in [-0.1, -0.05) is 17.3 Å². The van der Waals surface area contributed by atoms with Crippen LogP contribution >= 0.6 is 0 Å². The topological polar surface area (TPSA) is 112 Å². The lowest BCUT2D eigenvalue weighted by molar-refractivity contribution is -0.148. The summed E-state index contributed by atoms with van der Waals surface area (Å²) in [6, 6.07) is 11.7. The van der Waals surface area contributed by atoms with E-state index >= 15 is 0 Å². The summed E-state index contributed by atoms with van der Waals surface area (Å²) in [6.45, 7) is -4.07. The Morgan fingerprint density at radius 3 is 2.55 bits per heavy atom. The van der Waals surface area contributed by atoms with E-state index in [1.807, 2.05) is 0 Å². The van der Waals surface area contributed by atoms with Gasteiger partial charge in [-0.3, -0.25) is 14.4 Å². The molecule has 0 saturated heterocycles. The van der Waals surface area contributed by atoms with Crippen LogP contribution in [0.25, 0.3) is 10.9 Å². The van der Waals surface area contributed by atoms with E-state index in [0.717, 1.165) is 4.68 Å². The van der Waals surface area contributed by atoms with Gasteiger partial charge in [0.25, 0.3) is 11.5 Å². The first-order valence-corrected chi connectivity index (χ1v) is 8.25. The molecule has 29 heavy (non-hydrogen) atoms. The number of hydrogen-bond acceptors (Lipinski definition) is 7. The van der Waals surface area contributed by atoms with E-state index in [1.54, 1.807) is 24.3 Å². The zero-order chi connectivity index (χ0) is 20.8. The third-order valence-corrected chi connectivity index (χ3v) is 3.64. The van der Waals surface area contributed by atoms with Crippen molar-refractivity contribution in [1.29, 1.82) is 0 Å². The summed E-state index contributed by atoms with van der Waals surface area (Å²) in [5.74, 6) is -1.57. The number of amides is 1. The fraction of sp³-hybridized carbons (Fsp3) is 0.167. The van der Waals surface area contributed by atoms with Crippen molar-refractivity contribution in [2.45, 2.75) is 13.2 Å². The number of aromatic nitrogens is 3. The molecule has 0 aliphatic carbocycles. The highest BCUT2D eigenvalue weighted by atomic mass is 19.3. The van der Waals surface area contributed by atoms with E-state index in [4.69, 9.17) is 4.74 Å². The van der Waals surface area contributed by atoms with E-state index in [-0.39, 0.29) is 5.75 Å². The fourth-order valence-electron chi connectivity index (χ4n) is 2.36. The molecule has 1 N–H and O–H groups in total. The lowest BCUT2D eigenvalue weighted by Gasteiger charge is -2.08. The summed E-state index contributed by atoms with van der Waals surface area (Å²) in [5.41, 5.74) is 0.179. The summed E-state index contributed by atoms with van der Waals surface area (Å²) in [4.78, 5) is 36.0. The van der Waals surface area contributed by atoms with Gasteiger partial charge in [0.15, 0.2) is 6.61 Å². The molecular weight excluding hydrogens is 390 g/mol. The fourth-order valence-corrected chi connectivity index (χ4v) is 2.36. The first-order chi connectivity index (χ1) is 13.9. The minimum Gasteiger partial charge on any atom is -0.454 e. The molecule has 11 heteroatoms. The molecule has 1 amide bonds. The van der Waals surface area contributed by atoms with Crippen LogP contribution < -0.4 is 15.6 Å². The molecule has 2 aromatic carbocycles. The summed E-state index contributed by atoms with van der Waals surface area (Å²) in [5, 5.41) is 10.2. The molecule has 0 radical (unpaired) electrons. The third-order valence-electron chi connectivity index (χ3n) is 3.64. The Morgan fingerprint density at radius 1 is 1.10 bits per heavy atom. The standard InChI is InChI=1S/C18H14F2N4O5/c19-18(20)29-12-7-5-11(6-8-12)21-15(25)10-28-16(26)9-24-17(27)13-3-1-2-4-14(13)22-23-24/h1-8,18H,9-10H2,(H,21,25). The maximum Gasteiger partial charge on any atom is 0.387 e. The molecule has 0 fully saturated rings. The quantitative estimate of drug-likeness (QED) is 0.595. The van der Waals surface area contributed by atoms with Crippen molar-refractivity contribution in [1.82, 2.24) is 15.0 Å². The van der Waals surface area contributed by atoms with E-state index in [9.17, 15) is 23.2 Å². The van der Waals surface area contributed by atoms with Gasteiger partial charge >= 0.3 is 12.6 Å². The summed E-state index contributed by atoms with van der Waals surface area (Å²) in [6.07, 6.45) is 0. The number of anilines is 1. The number of rotatable bonds is 7. The van der Waals surface area contributed by atoms with Gasteiger partial charge in [-0.15, -0.1) is 5.10 Å². The van der Waals surface area contributed by atoms with Gasteiger partial charge in [0.05, 0.1) is 5.39 Å². The Morgan fingerprint density at radius 2 is 1.83 bits per heavy atom. The number of hydrogen-bond donors (Lipinski definition) is 1. The first-order valence-electron chi connectivity index (χ1n) is 8.25. The minimum absolute atomic E-state index is 0.0636. The van der Waals surface area contributed by atoms with Crippen LogP contribution in [0, 0.1) is 0 Å². The smallest absolute Gasteiger partial charge is 0.387 e. The lowest BCUT2D eigenvalue weighted by atomic mass is 10.2. The average Bonchev–Trinajstić information content (AvgIpc) is 2.70. The van der Waals surface area contributed by atoms with Crippen molar-refractivity contribution in [3.8, 4) is 5.75 Å². The second-order valence-electron chi connectivity index (χ2n) is 5.68. The summed E-state index contributed by atoms with van der Waals surface area (Å²) < 4.78 is 34.0. The number of ether oxygens (including phenoxy) is 2. The molecule has 0 spiro atoms. The predicted molar refractivity (Wildman–Crippen MR) is 96.5 cm³/mol. The van der Waals surface area contributed by atoms with Crippen LogP contribution in [0.15, 0.2) is 53.3 Å². The summed E-state index contributed by atoms with van der Waals surface area (Å²) in [7, 11) is 0. The van der Waals surface area contributed by atoms with Crippen molar-refractivity contribution in [3.63, 3.8) is 0 Å². The van der Waals surface area contributed by atoms with Gasteiger partial charge in [0, 0.05) is 5.69 Å². The normalized spacial score (nSPS) is 10.7. The molecule has 0 saturated carbocycles. The van der Waals surface area contributed by atoms with Crippen LogP contribution in [0.1, 0.15) is 0 Å². The Bertz CT molecular complexity index is 1090. The van der Waals surface area contributed by atoms with Crippen LogP contribution in [0.5, 0.6) is 5.75 Å². The number of esters is 1. The van der Waals surface area contributed by atoms with E-state index in [1.165, 1.54) is 24.3 Å². The number of halogens is 2. The monoisotopic (exact) mass is 404 g/mol. The lowest BCUT2D eigenvalue weighted by Crippen LogP contribution is -2.30. The SMILES string of the molecule is O=C(COC(=O)Cn1nnc2ccccc2c1=O)Nc1ccc(OC(F)F)cc1. The maximum atomic E-state index is 12.3. The van der Waals surface area contributed by atoms with Gasteiger partial charge < -0.3 is 14.8 Å². The Labute approximate surface area is 161 Å². The molecule has 3 rings (SSSR count). The van der Waals surface area contributed by atoms with E-state index in [2.05, 4.69) is 20.4 Å². The van der Waals surface area contributed by atoms with Crippen molar-refractivity contribution in [3.05, 3.63) is 58.9 Å². The van der Waals surface area contributed by atoms with Crippen LogP contribution in [0.4, 0.5) is 14.5 Å². The van der Waals surface area contributed by atoms with Crippen LogP contribution in [0.3, 0.4) is 0 Å². The van der Waals surface area contributed by atoms with E-state index in [0.29, 0.717) is 16.6 Å². The highest BCUT2D eigenvalue weighted by Crippen LogP contribution is 2.17. The second-order valence-corrected chi connectivity index (χ2v) is 5.68. The Hall–Kier alpha value is -3.89. The molecule has 3 aromatic rings. The Kier molecular flexibility index (Phi) is 6.07. The zero-order valence-electron chi connectivity index (χ0n) is 14.7. The molecule has 150 valence electrons. The predicted octanol–water partition coefficient (Wildman–Crippen LogP) is 1.57. The largest absolute Gasteiger partial charge is 0.454 e. The minimum atomic E-state index is -2.95. The van der Waals surface area contributed by atoms with Crippen molar-refractivity contribution in [2.75, 3.05) is 11.9 Å². The van der Waals surface area contributed by atoms with Gasteiger partial charge in [-0.25, -0.2) is 0 Å². The number of nitrogens with one attached hydrogen (secondary N) is 1. The molecule has 1 aromatic heterocycles. The highest BCUT2D eigenvalue weighted by Gasteiger charge is 2.12. The molecule has 0 atom stereocenters. The highest BCUT2D eigenvalue weighted by molar-refractivity contribution is 5.92. The molecule has 0 aliphatic heterocycles. The van der Waals surface area contributed by atoms with Gasteiger partial charge in [0.2, 0.25) is 0 Å². The molecule has 0 unspecified atom stereocenters. The van der Waals surface area contributed by atoms with Gasteiger partial charge in [-0.05, 0) is 36.4 Å². The van der Waals surface area contributed by atoms with Crippen molar-refractivity contribution < 1.29 is 27.8 Å². The number of fused-ring (bicyclic) bond motifs is 1. The molecule has 9 nitrogen and oxygen atoms in total. The first kappa shape index (κ1) is 19.9. The maximum absolute atomic E-state index is 12.3. The van der Waals surface area contributed by atoms with Crippen LogP contribution in [-0.4, -0.2) is 40.1 Å². The molecule has 0 aliphatic rings.